The zero-order valence-electron chi connectivity index (χ0n) is 11.5. The number of hydrogen-bond acceptors (Lipinski definition) is 1. The fraction of sp³-hybridized carbons (Fsp3) is 0.625. The summed E-state index contributed by atoms with van der Waals surface area (Å²) in [6, 6.07) is 6.37. The first-order valence-electron chi connectivity index (χ1n) is 7.20. The van der Waals surface area contributed by atoms with Crippen molar-refractivity contribution in [3.8, 4) is 0 Å². The summed E-state index contributed by atoms with van der Waals surface area (Å²) < 4.78 is 13.6. The van der Waals surface area contributed by atoms with Gasteiger partial charge in [0, 0.05) is 6.04 Å². The van der Waals surface area contributed by atoms with E-state index < -0.39 is 0 Å². The number of rotatable bonds is 4. The van der Waals surface area contributed by atoms with E-state index in [1.54, 1.807) is 6.07 Å². The summed E-state index contributed by atoms with van der Waals surface area (Å²) >= 11 is 0. The van der Waals surface area contributed by atoms with E-state index in [-0.39, 0.29) is 5.82 Å². The predicted octanol–water partition coefficient (Wildman–Crippen LogP) is 4.16. The van der Waals surface area contributed by atoms with Crippen molar-refractivity contribution in [2.75, 3.05) is 6.54 Å². The van der Waals surface area contributed by atoms with Gasteiger partial charge in [0.25, 0.3) is 0 Å². The molecule has 0 aromatic heterocycles. The number of benzene rings is 1. The second-order valence-electron chi connectivity index (χ2n) is 5.52. The molecule has 2 unspecified atom stereocenters. The molecule has 1 aromatic carbocycles. The molecule has 2 rings (SSSR count). The minimum atomic E-state index is -0.0591. The Morgan fingerprint density at radius 1 is 1.33 bits per heavy atom. The van der Waals surface area contributed by atoms with Crippen LogP contribution in [-0.2, 0) is 0 Å². The molecule has 0 amide bonds. The highest BCUT2D eigenvalue weighted by atomic mass is 19.1. The van der Waals surface area contributed by atoms with Gasteiger partial charge < -0.3 is 5.32 Å². The molecule has 1 aliphatic rings. The molecule has 1 aliphatic carbocycles. The minimum Gasteiger partial charge on any atom is -0.314 e. The lowest BCUT2D eigenvalue weighted by Gasteiger charge is -2.30. The Balaban J connectivity index is 2.01. The average Bonchev–Trinajstić information content (AvgIpc) is 2.40. The largest absolute Gasteiger partial charge is 0.314 e. The zero-order valence-corrected chi connectivity index (χ0v) is 11.5. The lowest BCUT2D eigenvalue weighted by molar-refractivity contribution is 0.339. The molecule has 0 spiro atoms. The normalized spacial score (nSPS) is 24.2. The van der Waals surface area contributed by atoms with Crippen LogP contribution in [0.3, 0.4) is 0 Å². The molecule has 100 valence electrons. The number of aryl methyl sites for hydroxylation is 1. The van der Waals surface area contributed by atoms with Gasteiger partial charge >= 0.3 is 0 Å². The van der Waals surface area contributed by atoms with Gasteiger partial charge in [0.2, 0.25) is 0 Å². The van der Waals surface area contributed by atoms with Crippen molar-refractivity contribution in [2.24, 2.45) is 0 Å². The van der Waals surface area contributed by atoms with E-state index in [4.69, 9.17) is 0 Å². The molecule has 2 atom stereocenters. The first kappa shape index (κ1) is 13.5. The van der Waals surface area contributed by atoms with Crippen LogP contribution in [0.1, 0.15) is 56.1 Å². The Hall–Kier alpha value is -0.890. The van der Waals surface area contributed by atoms with Crippen molar-refractivity contribution >= 4 is 0 Å². The van der Waals surface area contributed by atoms with Crippen LogP contribution in [0.2, 0.25) is 0 Å². The quantitative estimate of drug-likeness (QED) is 0.845. The van der Waals surface area contributed by atoms with Gasteiger partial charge in [-0.05, 0) is 62.3 Å². The van der Waals surface area contributed by atoms with Crippen molar-refractivity contribution in [1.82, 2.24) is 5.32 Å². The molecule has 18 heavy (non-hydrogen) atoms. The van der Waals surface area contributed by atoms with E-state index in [9.17, 15) is 4.39 Å². The minimum absolute atomic E-state index is 0.0591. The van der Waals surface area contributed by atoms with Gasteiger partial charge in [-0.25, -0.2) is 4.39 Å². The van der Waals surface area contributed by atoms with Crippen molar-refractivity contribution < 1.29 is 4.39 Å². The summed E-state index contributed by atoms with van der Waals surface area (Å²) in [7, 11) is 0. The molecule has 0 radical (unpaired) electrons. The van der Waals surface area contributed by atoms with Gasteiger partial charge in [-0.15, -0.1) is 0 Å². The van der Waals surface area contributed by atoms with Crippen molar-refractivity contribution in [2.45, 2.75) is 57.9 Å². The molecular formula is C16H24FN. The topological polar surface area (TPSA) is 12.0 Å². The third kappa shape index (κ3) is 3.32. The van der Waals surface area contributed by atoms with Gasteiger partial charge in [0.1, 0.15) is 5.82 Å². The summed E-state index contributed by atoms with van der Waals surface area (Å²) in [6.45, 7) is 5.12. The molecular weight excluding hydrogens is 225 g/mol. The Morgan fingerprint density at radius 3 is 2.89 bits per heavy atom. The maximum atomic E-state index is 13.6. The fourth-order valence-corrected chi connectivity index (χ4v) is 2.89. The Kier molecular flexibility index (Phi) is 4.76. The number of hydrogen-bond donors (Lipinski definition) is 1. The lowest BCUT2D eigenvalue weighted by atomic mass is 9.81. The maximum absolute atomic E-state index is 13.6. The zero-order chi connectivity index (χ0) is 13.0. The van der Waals surface area contributed by atoms with Crippen LogP contribution in [0.4, 0.5) is 4.39 Å². The van der Waals surface area contributed by atoms with Crippen LogP contribution in [-0.4, -0.2) is 12.6 Å². The van der Waals surface area contributed by atoms with Gasteiger partial charge in [-0.3, -0.25) is 0 Å². The van der Waals surface area contributed by atoms with Gasteiger partial charge in [0.05, 0.1) is 0 Å². The Labute approximate surface area is 110 Å². The van der Waals surface area contributed by atoms with Crippen LogP contribution < -0.4 is 5.32 Å². The molecule has 1 aromatic rings. The first-order valence-corrected chi connectivity index (χ1v) is 7.20. The second kappa shape index (κ2) is 6.33. The van der Waals surface area contributed by atoms with Crippen LogP contribution >= 0.6 is 0 Å². The SMILES string of the molecule is CCCNC1CCCC(c2ccc(C)c(F)c2)C1. The highest BCUT2D eigenvalue weighted by Crippen LogP contribution is 2.33. The van der Waals surface area contributed by atoms with E-state index in [2.05, 4.69) is 18.3 Å². The van der Waals surface area contributed by atoms with Crippen LogP contribution in [0.15, 0.2) is 18.2 Å². The molecule has 1 saturated carbocycles. The molecule has 0 aliphatic heterocycles. The van der Waals surface area contributed by atoms with Crippen molar-refractivity contribution in [3.63, 3.8) is 0 Å². The fourth-order valence-electron chi connectivity index (χ4n) is 2.89. The Bertz CT molecular complexity index is 389. The third-order valence-corrected chi connectivity index (χ3v) is 4.02. The van der Waals surface area contributed by atoms with Gasteiger partial charge in [-0.1, -0.05) is 25.5 Å². The van der Waals surface area contributed by atoms with Crippen molar-refractivity contribution in [1.29, 1.82) is 0 Å². The molecule has 1 nitrogen and oxygen atoms in total. The summed E-state index contributed by atoms with van der Waals surface area (Å²) in [4.78, 5) is 0. The molecule has 2 heteroatoms. The summed E-state index contributed by atoms with van der Waals surface area (Å²) in [5.74, 6) is 0.472. The Morgan fingerprint density at radius 2 is 2.17 bits per heavy atom. The molecule has 1 N–H and O–H groups in total. The molecule has 0 saturated heterocycles. The van der Waals surface area contributed by atoms with E-state index in [1.807, 2.05) is 13.0 Å². The standard InChI is InChI=1S/C16H24FN/c1-3-9-18-15-6-4-5-13(10-15)14-8-7-12(2)16(17)11-14/h7-8,11,13,15,18H,3-6,9-10H2,1-2H3. The smallest absolute Gasteiger partial charge is 0.126 e. The summed E-state index contributed by atoms with van der Waals surface area (Å²) in [5, 5.41) is 3.60. The number of halogens is 1. The van der Waals surface area contributed by atoms with E-state index >= 15 is 0 Å². The van der Waals surface area contributed by atoms with Crippen LogP contribution in [0.25, 0.3) is 0 Å². The van der Waals surface area contributed by atoms with Gasteiger partial charge in [-0.2, -0.15) is 0 Å². The van der Waals surface area contributed by atoms with Crippen molar-refractivity contribution in [3.05, 3.63) is 35.1 Å². The molecule has 0 heterocycles. The molecule has 0 bridgehead atoms. The maximum Gasteiger partial charge on any atom is 0.126 e. The highest BCUT2D eigenvalue weighted by molar-refractivity contribution is 5.26. The summed E-state index contributed by atoms with van der Waals surface area (Å²) in [5.41, 5.74) is 1.93. The van der Waals surface area contributed by atoms with E-state index in [1.165, 1.54) is 31.2 Å². The predicted molar refractivity (Wildman–Crippen MR) is 74.4 cm³/mol. The summed E-state index contributed by atoms with van der Waals surface area (Å²) in [6.07, 6.45) is 6.06. The second-order valence-corrected chi connectivity index (χ2v) is 5.52. The van der Waals surface area contributed by atoms with Gasteiger partial charge in [0.15, 0.2) is 0 Å². The highest BCUT2D eigenvalue weighted by Gasteiger charge is 2.23. The monoisotopic (exact) mass is 249 g/mol. The molecule has 1 fully saturated rings. The first-order chi connectivity index (χ1) is 8.70. The van der Waals surface area contributed by atoms with Crippen LogP contribution in [0, 0.1) is 12.7 Å². The lowest BCUT2D eigenvalue weighted by Crippen LogP contribution is -2.34. The van der Waals surface area contributed by atoms with Crippen LogP contribution in [0.5, 0.6) is 0 Å². The third-order valence-electron chi connectivity index (χ3n) is 4.02. The van der Waals surface area contributed by atoms with E-state index in [0.29, 0.717) is 12.0 Å². The van der Waals surface area contributed by atoms with E-state index in [0.717, 1.165) is 18.5 Å². The number of nitrogens with one attached hydrogen (secondary N) is 1. The average molecular weight is 249 g/mol.